The Balaban J connectivity index is 2.16. The third kappa shape index (κ3) is 4.45. The molecule has 0 radical (unpaired) electrons. The second-order valence-electron chi connectivity index (χ2n) is 7.44. The Morgan fingerprint density at radius 2 is 1.96 bits per heavy atom. The number of hydrogen-bond donors (Lipinski definition) is 0. The van der Waals surface area contributed by atoms with E-state index in [0.29, 0.717) is 25.8 Å². The molecular formula is C17H27NO5. The van der Waals surface area contributed by atoms with E-state index >= 15 is 0 Å². The monoisotopic (exact) mass is 325 g/mol. The molecule has 1 amide bonds. The van der Waals surface area contributed by atoms with Gasteiger partial charge in [0, 0.05) is 19.4 Å². The van der Waals surface area contributed by atoms with Gasteiger partial charge in [0.15, 0.2) is 0 Å². The van der Waals surface area contributed by atoms with Crippen molar-refractivity contribution in [2.75, 3.05) is 13.2 Å². The van der Waals surface area contributed by atoms with Crippen LogP contribution in [0.2, 0.25) is 0 Å². The Morgan fingerprint density at radius 1 is 1.26 bits per heavy atom. The third-order valence-electron chi connectivity index (χ3n) is 4.47. The van der Waals surface area contributed by atoms with Crippen LogP contribution in [0, 0.1) is 11.8 Å². The molecule has 6 nitrogen and oxygen atoms in total. The molecule has 3 atom stereocenters. The van der Waals surface area contributed by atoms with E-state index in [-0.39, 0.29) is 24.2 Å². The van der Waals surface area contributed by atoms with Gasteiger partial charge in [0.1, 0.15) is 17.4 Å². The summed E-state index contributed by atoms with van der Waals surface area (Å²) >= 11 is 0. The number of rotatable bonds is 2. The molecular weight excluding hydrogens is 298 g/mol. The summed E-state index contributed by atoms with van der Waals surface area (Å²) in [7, 11) is 0. The summed E-state index contributed by atoms with van der Waals surface area (Å²) < 4.78 is 10.6. The molecule has 1 saturated carbocycles. The van der Waals surface area contributed by atoms with Crippen LogP contribution in [0.15, 0.2) is 0 Å². The van der Waals surface area contributed by atoms with Gasteiger partial charge in [-0.25, -0.2) is 9.59 Å². The predicted octanol–water partition coefficient (Wildman–Crippen LogP) is 2.54. The van der Waals surface area contributed by atoms with E-state index in [0.717, 1.165) is 6.42 Å². The van der Waals surface area contributed by atoms with Gasteiger partial charge in [0.25, 0.3) is 0 Å². The van der Waals surface area contributed by atoms with Crippen LogP contribution >= 0.6 is 0 Å². The smallest absolute Gasteiger partial charge is 0.411 e. The number of Topliss-reactive ketones (excluding diaryl/α,β-unsaturated/α-hetero) is 1. The molecule has 130 valence electrons. The number of amides is 1. The Hall–Kier alpha value is -1.59. The zero-order valence-electron chi connectivity index (χ0n) is 14.5. The first-order valence-electron chi connectivity index (χ1n) is 8.39. The molecule has 6 heteroatoms. The van der Waals surface area contributed by atoms with Crippen molar-refractivity contribution in [3.8, 4) is 0 Å². The van der Waals surface area contributed by atoms with Crippen LogP contribution in [-0.4, -0.2) is 47.5 Å². The minimum Gasteiger partial charge on any atom is -0.464 e. The number of nitrogens with zero attached hydrogens (tertiary/aromatic N) is 1. The SMILES string of the molecule is CCOC(=O)[C@@H]1C[C@@H]2CC(=O)CC[C@H]2CN1C(=O)OC(C)(C)C. The van der Waals surface area contributed by atoms with Gasteiger partial charge < -0.3 is 9.47 Å². The zero-order valence-corrected chi connectivity index (χ0v) is 14.5. The van der Waals surface area contributed by atoms with Gasteiger partial charge in [-0.3, -0.25) is 9.69 Å². The van der Waals surface area contributed by atoms with Crippen molar-refractivity contribution < 1.29 is 23.9 Å². The topological polar surface area (TPSA) is 72.9 Å². The number of carbonyl (C=O) groups is 3. The minimum atomic E-state index is -0.656. The van der Waals surface area contributed by atoms with E-state index in [9.17, 15) is 14.4 Å². The number of hydrogen-bond acceptors (Lipinski definition) is 5. The molecule has 0 bridgehead atoms. The van der Waals surface area contributed by atoms with E-state index < -0.39 is 23.7 Å². The standard InChI is InChI=1S/C17H27NO5/c1-5-22-15(20)14-9-12-8-13(19)7-6-11(12)10-18(14)16(21)23-17(2,3)4/h11-12,14H,5-10H2,1-4H3/t11-,12-,14-/m0/s1. The van der Waals surface area contributed by atoms with Gasteiger partial charge in [-0.2, -0.15) is 0 Å². The minimum absolute atomic E-state index is 0.157. The first kappa shape index (κ1) is 17.8. The van der Waals surface area contributed by atoms with Crippen molar-refractivity contribution in [1.82, 2.24) is 4.90 Å². The average molecular weight is 325 g/mol. The highest BCUT2D eigenvalue weighted by Gasteiger charge is 2.45. The summed E-state index contributed by atoms with van der Waals surface area (Å²) in [6.07, 6.45) is 1.84. The number of esters is 1. The molecule has 1 aliphatic carbocycles. The maximum atomic E-state index is 12.5. The molecule has 1 saturated heterocycles. The highest BCUT2D eigenvalue weighted by molar-refractivity contribution is 5.83. The maximum absolute atomic E-state index is 12.5. The molecule has 2 rings (SSSR count). The number of carbonyl (C=O) groups excluding carboxylic acids is 3. The van der Waals surface area contributed by atoms with Gasteiger partial charge in [0.05, 0.1) is 6.61 Å². The van der Waals surface area contributed by atoms with Crippen LogP contribution in [0.25, 0.3) is 0 Å². The largest absolute Gasteiger partial charge is 0.464 e. The second-order valence-corrected chi connectivity index (χ2v) is 7.44. The Kier molecular flexibility index (Phi) is 5.32. The predicted molar refractivity (Wildman–Crippen MR) is 83.8 cm³/mol. The van der Waals surface area contributed by atoms with E-state index in [1.807, 2.05) is 0 Å². The highest BCUT2D eigenvalue weighted by atomic mass is 16.6. The molecule has 0 N–H and O–H groups in total. The Labute approximate surface area is 137 Å². The Morgan fingerprint density at radius 3 is 2.57 bits per heavy atom. The van der Waals surface area contributed by atoms with Crippen LogP contribution in [0.5, 0.6) is 0 Å². The molecule has 2 fully saturated rings. The lowest BCUT2D eigenvalue weighted by molar-refractivity contribution is -0.153. The molecule has 1 heterocycles. The summed E-state index contributed by atoms with van der Waals surface area (Å²) in [5.41, 5.74) is -0.615. The third-order valence-corrected chi connectivity index (χ3v) is 4.47. The summed E-state index contributed by atoms with van der Waals surface area (Å²) in [4.78, 5) is 38.0. The quantitative estimate of drug-likeness (QED) is 0.730. The highest BCUT2D eigenvalue weighted by Crippen LogP contribution is 2.38. The van der Waals surface area contributed by atoms with E-state index in [1.165, 1.54) is 4.90 Å². The van der Waals surface area contributed by atoms with Crippen molar-refractivity contribution in [2.24, 2.45) is 11.8 Å². The maximum Gasteiger partial charge on any atom is 0.411 e. The molecule has 0 aromatic rings. The lowest BCUT2D eigenvalue weighted by atomic mass is 9.72. The van der Waals surface area contributed by atoms with Gasteiger partial charge >= 0.3 is 12.1 Å². The van der Waals surface area contributed by atoms with Crippen LogP contribution in [-0.2, 0) is 19.1 Å². The summed E-state index contributed by atoms with van der Waals surface area (Å²) in [5, 5.41) is 0. The average Bonchev–Trinajstić information content (AvgIpc) is 2.44. The summed E-state index contributed by atoms with van der Waals surface area (Å²) in [5.74, 6) is 0.254. The zero-order chi connectivity index (χ0) is 17.2. The normalized spacial score (nSPS) is 28.1. The van der Waals surface area contributed by atoms with Crippen LogP contribution in [0.1, 0.15) is 53.4 Å². The lowest BCUT2D eigenvalue weighted by Gasteiger charge is -2.44. The number of piperidine rings is 1. The van der Waals surface area contributed by atoms with Crippen molar-refractivity contribution in [1.29, 1.82) is 0 Å². The number of ketones is 1. The summed E-state index contributed by atoms with van der Waals surface area (Å²) in [6.45, 7) is 7.87. The first-order chi connectivity index (χ1) is 10.7. The van der Waals surface area contributed by atoms with Crippen molar-refractivity contribution in [2.45, 2.75) is 65.0 Å². The molecule has 0 aromatic carbocycles. The van der Waals surface area contributed by atoms with Gasteiger partial charge in [-0.15, -0.1) is 0 Å². The van der Waals surface area contributed by atoms with Crippen LogP contribution < -0.4 is 0 Å². The molecule has 23 heavy (non-hydrogen) atoms. The number of likely N-dealkylation sites (tertiary alicyclic amines) is 1. The van der Waals surface area contributed by atoms with Crippen molar-refractivity contribution >= 4 is 17.8 Å². The lowest BCUT2D eigenvalue weighted by Crippen LogP contribution is -2.56. The first-order valence-corrected chi connectivity index (χ1v) is 8.39. The Bertz CT molecular complexity index is 482. The summed E-state index contributed by atoms with van der Waals surface area (Å²) in [6, 6.07) is -0.656. The van der Waals surface area contributed by atoms with Crippen molar-refractivity contribution in [3.63, 3.8) is 0 Å². The van der Waals surface area contributed by atoms with Gasteiger partial charge in [-0.1, -0.05) is 0 Å². The second kappa shape index (κ2) is 6.89. The van der Waals surface area contributed by atoms with Crippen LogP contribution in [0.3, 0.4) is 0 Å². The molecule has 0 unspecified atom stereocenters. The van der Waals surface area contributed by atoms with E-state index in [2.05, 4.69) is 0 Å². The fourth-order valence-corrected chi connectivity index (χ4v) is 3.44. The van der Waals surface area contributed by atoms with Gasteiger partial charge in [0.2, 0.25) is 0 Å². The van der Waals surface area contributed by atoms with E-state index in [4.69, 9.17) is 9.47 Å². The fourth-order valence-electron chi connectivity index (χ4n) is 3.44. The molecule has 0 aromatic heterocycles. The van der Waals surface area contributed by atoms with Crippen LogP contribution in [0.4, 0.5) is 4.79 Å². The van der Waals surface area contributed by atoms with Gasteiger partial charge in [-0.05, 0) is 52.4 Å². The number of fused-ring (bicyclic) bond motifs is 1. The van der Waals surface area contributed by atoms with E-state index in [1.54, 1.807) is 27.7 Å². The van der Waals surface area contributed by atoms with Crippen molar-refractivity contribution in [3.05, 3.63) is 0 Å². The number of ether oxygens (including phenoxy) is 2. The molecule has 1 aliphatic heterocycles. The fraction of sp³-hybridized carbons (Fsp3) is 0.824. The molecule has 2 aliphatic rings. The molecule has 0 spiro atoms.